The third-order valence-corrected chi connectivity index (χ3v) is 3.47. The van der Waals surface area contributed by atoms with Gasteiger partial charge in [-0.3, -0.25) is 0 Å². The molecule has 0 radical (unpaired) electrons. The van der Waals surface area contributed by atoms with E-state index in [4.69, 9.17) is 5.73 Å². The lowest BCUT2D eigenvalue weighted by atomic mass is 9.88. The van der Waals surface area contributed by atoms with Crippen LogP contribution in [-0.4, -0.2) is 11.1 Å². The lowest BCUT2D eigenvalue weighted by Crippen LogP contribution is -2.31. The topological polar surface area (TPSA) is 46.2 Å². The van der Waals surface area contributed by atoms with Crippen LogP contribution in [0.3, 0.4) is 0 Å². The van der Waals surface area contributed by atoms with Gasteiger partial charge in [0, 0.05) is 11.5 Å². The highest BCUT2D eigenvalue weighted by molar-refractivity contribution is 5.42. The number of phenols is 1. The summed E-state index contributed by atoms with van der Waals surface area (Å²) < 4.78 is 13.2. The molecule has 1 aliphatic carbocycles. The van der Waals surface area contributed by atoms with Crippen molar-refractivity contribution in [2.24, 2.45) is 5.73 Å². The first-order valence-electron chi connectivity index (χ1n) is 5.22. The summed E-state index contributed by atoms with van der Waals surface area (Å²) in [6.07, 6.45) is 2.05. The Morgan fingerprint density at radius 1 is 1.47 bits per heavy atom. The fourth-order valence-electron chi connectivity index (χ4n) is 2.18. The van der Waals surface area contributed by atoms with Gasteiger partial charge < -0.3 is 10.8 Å². The summed E-state index contributed by atoms with van der Waals surface area (Å²) in [6, 6.07) is 3.35. The zero-order valence-electron chi connectivity index (χ0n) is 9.05. The van der Waals surface area contributed by atoms with E-state index in [0.717, 1.165) is 18.4 Å². The molecule has 0 amide bonds. The van der Waals surface area contributed by atoms with Crippen LogP contribution in [0, 0.1) is 12.7 Å². The molecule has 0 saturated heterocycles. The van der Waals surface area contributed by atoms with Crippen LogP contribution in [0.15, 0.2) is 12.1 Å². The standard InChI is InChI=1S/C12H16FNO/c1-7-5-9(6-10(15)11(7)13)12(3-4-12)8(2)14/h5-6,8,15H,3-4,14H2,1-2H3. The van der Waals surface area contributed by atoms with Crippen LogP contribution in [0.5, 0.6) is 5.75 Å². The Kier molecular flexibility index (Phi) is 2.23. The van der Waals surface area contributed by atoms with Gasteiger partial charge >= 0.3 is 0 Å². The average molecular weight is 209 g/mol. The van der Waals surface area contributed by atoms with E-state index >= 15 is 0 Å². The summed E-state index contributed by atoms with van der Waals surface area (Å²) in [5.41, 5.74) is 7.35. The van der Waals surface area contributed by atoms with Crippen LogP contribution >= 0.6 is 0 Å². The summed E-state index contributed by atoms with van der Waals surface area (Å²) in [4.78, 5) is 0. The van der Waals surface area contributed by atoms with E-state index in [0.29, 0.717) is 5.56 Å². The molecule has 0 aliphatic heterocycles. The maximum Gasteiger partial charge on any atom is 0.167 e. The van der Waals surface area contributed by atoms with Gasteiger partial charge in [-0.2, -0.15) is 0 Å². The predicted molar refractivity (Wildman–Crippen MR) is 57.4 cm³/mol. The number of halogens is 1. The Morgan fingerprint density at radius 3 is 2.47 bits per heavy atom. The predicted octanol–water partition coefficient (Wildman–Crippen LogP) is 2.22. The first-order valence-corrected chi connectivity index (χ1v) is 5.22. The second-order valence-corrected chi connectivity index (χ2v) is 4.57. The Morgan fingerprint density at radius 2 is 2.07 bits per heavy atom. The van der Waals surface area contributed by atoms with Gasteiger partial charge in [-0.15, -0.1) is 0 Å². The van der Waals surface area contributed by atoms with Gasteiger partial charge in [0.05, 0.1) is 0 Å². The zero-order valence-corrected chi connectivity index (χ0v) is 9.05. The molecule has 1 fully saturated rings. The first kappa shape index (κ1) is 10.4. The highest BCUT2D eigenvalue weighted by Crippen LogP contribution is 2.51. The molecule has 1 unspecified atom stereocenters. The summed E-state index contributed by atoms with van der Waals surface area (Å²) in [5, 5.41) is 9.44. The van der Waals surface area contributed by atoms with Crippen molar-refractivity contribution in [3.05, 3.63) is 29.1 Å². The first-order chi connectivity index (χ1) is 6.97. The van der Waals surface area contributed by atoms with Crippen LogP contribution in [0.2, 0.25) is 0 Å². The average Bonchev–Trinajstić information content (AvgIpc) is 2.93. The van der Waals surface area contributed by atoms with Crippen molar-refractivity contribution in [2.75, 3.05) is 0 Å². The van der Waals surface area contributed by atoms with Crippen LogP contribution in [0.1, 0.15) is 30.9 Å². The minimum Gasteiger partial charge on any atom is -0.505 e. The molecule has 3 heteroatoms. The van der Waals surface area contributed by atoms with Gasteiger partial charge in [0.2, 0.25) is 0 Å². The van der Waals surface area contributed by atoms with Gasteiger partial charge in [0.25, 0.3) is 0 Å². The lowest BCUT2D eigenvalue weighted by molar-refractivity contribution is 0.426. The number of hydrogen-bond acceptors (Lipinski definition) is 2. The van der Waals surface area contributed by atoms with Gasteiger partial charge in [-0.05, 0) is 43.9 Å². The van der Waals surface area contributed by atoms with E-state index in [9.17, 15) is 9.50 Å². The molecular weight excluding hydrogens is 193 g/mol. The van der Waals surface area contributed by atoms with Gasteiger partial charge in [-0.1, -0.05) is 6.07 Å². The highest BCUT2D eigenvalue weighted by atomic mass is 19.1. The van der Waals surface area contributed by atoms with Gasteiger partial charge in [-0.25, -0.2) is 4.39 Å². The van der Waals surface area contributed by atoms with Gasteiger partial charge in [0.1, 0.15) is 0 Å². The minimum atomic E-state index is -0.528. The van der Waals surface area contributed by atoms with E-state index in [1.165, 1.54) is 6.07 Å². The molecule has 1 aliphatic rings. The Hall–Kier alpha value is -1.09. The molecular formula is C12H16FNO. The molecule has 1 aromatic carbocycles. The number of phenolic OH excluding ortho intramolecular Hbond substituents is 1. The number of nitrogens with two attached hydrogens (primary N) is 1. The fourth-order valence-corrected chi connectivity index (χ4v) is 2.18. The van der Waals surface area contributed by atoms with Crippen molar-refractivity contribution in [1.29, 1.82) is 0 Å². The minimum absolute atomic E-state index is 0.0318. The van der Waals surface area contributed by atoms with Gasteiger partial charge in [0.15, 0.2) is 11.6 Å². The number of aryl methyl sites for hydroxylation is 1. The molecule has 1 atom stereocenters. The van der Waals surface area contributed by atoms with Crippen LogP contribution in [0.4, 0.5) is 4.39 Å². The molecule has 3 N–H and O–H groups in total. The van der Waals surface area contributed by atoms with Crippen LogP contribution < -0.4 is 5.73 Å². The lowest BCUT2D eigenvalue weighted by Gasteiger charge is -2.21. The monoisotopic (exact) mass is 209 g/mol. The number of aromatic hydroxyl groups is 1. The number of hydrogen-bond donors (Lipinski definition) is 2. The molecule has 1 saturated carbocycles. The second kappa shape index (κ2) is 3.20. The summed E-state index contributed by atoms with van der Waals surface area (Å²) in [7, 11) is 0. The maximum absolute atomic E-state index is 13.2. The van der Waals surface area contributed by atoms with Crippen molar-refractivity contribution in [3.63, 3.8) is 0 Å². The summed E-state index contributed by atoms with van der Waals surface area (Å²) in [5.74, 6) is -0.795. The Labute approximate surface area is 88.9 Å². The maximum atomic E-state index is 13.2. The molecule has 0 aromatic heterocycles. The normalized spacial score (nSPS) is 20.0. The molecule has 0 spiro atoms. The van der Waals surface area contributed by atoms with E-state index in [-0.39, 0.29) is 17.2 Å². The molecule has 1 aromatic rings. The smallest absolute Gasteiger partial charge is 0.167 e. The largest absolute Gasteiger partial charge is 0.505 e. The Balaban J connectivity index is 2.47. The summed E-state index contributed by atoms with van der Waals surface area (Å²) in [6.45, 7) is 3.62. The van der Waals surface area contributed by atoms with Crippen LogP contribution in [0.25, 0.3) is 0 Å². The quantitative estimate of drug-likeness (QED) is 0.784. The van der Waals surface area contributed by atoms with E-state index < -0.39 is 5.82 Å². The zero-order chi connectivity index (χ0) is 11.2. The third-order valence-electron chi connectivity index (χ3n) is 3.47. The molecule has 0 heterocycles. The highest BCUT2D eigenvalue weighted by Gasteiger charge is 2.47. The summed E-state index contributed by atoms with van der Waals surface area (Å²) >= 11 is 0. The Bertz CT molecular complexity index is 374. The number of benzene rings is 1. The van der Waals surface area contributed by atoms with E-state index in [1.54, 1.807) is 13.0 Å². The molecule has 82 valence electrons. The van der Waals surface area contributed by atoms with Crippen molar-refractivity contribution in [1.82, 2.24) is 0 Å². The fraction of sp³-hybridized carbons (Fsp3) is 0.500. The number of rotatable bonds is 2. The van der Waals surface area contributed by atoms with Crippen molar-refractivity contribution >= 4 is 0 Å². The molecule has 2 rings (SSSR count). The van der Waals surface area contributed by atoms with Crippen molar-refractivity contribution in [2.45, 2.75) is 38.1 Å². The van der Waals surface area contributed by atoms with Crippen molar-refractivity contribution in [3.8, 4) is 5.75 Å². The van der Waals surface area contributed by atoms with Crippen molar-refractivity contribution < 1.29 is 9.50 Å². The second-order valence-electron chi connectivity index (χ2n) is 4.57. The van der Waals surface area contributed by atoms with Crippen LogP contribution in [-0.2, 0) is 5.41 Å². The van der Waals surface area contributed by atoms with E-state index in [2.05, 4.69) is 0 Å². The molecule has 2 nitrogen and oxygen atoms in total. The molecule has 15 heavy (non-hydrogen) atoms. The SMILES string of the molecule is Cc1cc(C2(C(C)N)CC2)cc(O)c1F. The van der Waals surface area contributed by atoms with E-state index in [1.807, 2.05) is 6.92 Å². The third kappa shape index (κ3) is 1.51. The molecule has 0 bridgehead atoms.